The molecule has 4 nitrogen and oxygen atoms in total. The Labute approximate surface area is 118 Å². The summed E-state index contributed by atoms with van der Waals surface area (Å²) < 4.78 is 2.29. The van der Waals surface area contributed by atoms with Crippen molar-refractivity contribution in [2.24, 2.45) is 0 Å². The van der Waals surface area contributed by atoms with Gasteiger partial charge in [-0.25, -0.2) is 0 Å². The van der Waals surface area contributed by atoms with Gasteiger partial charge in [-0.1, -0.05) is 23.7 Å². The molecule has 0 unspecified atom stereocenters. The second-order valence-electron chi connectivity index (χ2n) is 4.21. The highest BCUT2D eigenvalue weighted by Gasteiger charge is 2.06. The number of aromatic nitrogens is 3. The molecule has 6 heteroatoms. The number of fused-ring (bicyclic) bond motifs is 1. The van der Waals surface area contributed by atoms with Crippen LogP contribution in [0.5, 0.6) is 0 Å². The SMILES string of the molecule is O=c1[nH]c(=S)n(Cc2ccc(Cl)cc2)c2cc[nH]c12. The maximum atomic E-state index is 11.7. The third kappa shape index (κ3) is 2.22. The molecule has 2 aromatic heterocycles. The zero-order chi connectivity index (χ0) is 13.4. The van der Waals surface area contributed by atoms with Gasteiger partial charge in [-0.3, -0.25) is 9.78 Å². The van der Waals surface area contributed by atoms with Crippen molar-refractivity contribution >= 4 is 34.9 Å². The van der Waals surface area contributed by atoms with Crippen LogP contribution in [0.1, 0.15) is 5.56 Å². The minimum Gasteiger partial charge on any atom is -0.355 e. The van der Waals surface area contributed by atoms with Crippen LogP contribution in [-0.2, 0) is 6.54 Å². The number of aromatic amines is 2. The zero-order valence-electron chi connectivity index (χ0n) is 9.81. The highest BCUT2D eigenvalue weighted by atomic mass is 35.5. The Morgan fingerprint density at radius 3 is 2.68 bits per heavy atom. The average Bonchev–Trinajstić information content (AvgIpc) is 2.86. The third-order valence-corrected chi connectivity index (χ3v) is 3.54. The van der Waals surface area contributed by atoms with Crippen LogP contribution in [0.15, 0.2) is 41.3 Å². The summed E-state index contributed by atoms with van der Waals surface area (Å²) in [6, 6.07) is 9.39. The number of halogens is 1. The molecule has 96 valence electrons. The molecular formula is C13H10ClN3OS. The van der Waals surface area contributed by atoms with Crippen LogP contribution >= 0.6 is 23.8 Å². The fourth-order valence-corrected chi connectivity index (χ4v) is 2.42. The number of hydrogen-bond acceptors (Lipinski definition) is 2. The number of hydrogen-bond donors (Lipinski definition) is 2. The molecule has 1 aromatic carbocycles. The fourth-order valence-electron chi connectivity index (χ4n) is 2.03. The largest absolute Gasteiger partial charge is 0.355 e. The lowest BCUT2D eigenvalue weighted by Gasteiger charge is -2.08. The first-order valence-electron chi connectivity index (χ1n) is 5.70. The Bertz CT molecular complexity index is 845. The van der Waals surface area contributed by atoms with Crippen LogP contribution < -0.4 is 5.56 Å². The van der Waals surface area contributed by atoms with Gasteiger partial charge in [-0.15, -0.1) is 0 Å². The molecule has 0 atom stereocenters. The van der Waals surface area contributed by atoms with Gasteiger partial charge in [0.15, 0.2) is 4.77 Å². The summed E-state index contributed by atoms with van der Waals surface area (Å²) >= 11 is 11.1. The van der Waals surface area contributed by atoms with Crippen LogP contribution in [0.3, 0.4) is 0 Å². The highest BCUT2D eigenvalue weighted by molar-refractivity contribution is 7.71. The molecule has 0 aliphatic rings. The van der Waals surface area contributed by atoms with E-state index in [1.165, 1.54) is 0 Å². The van der Waals surface area contributed by atoms with E-state index in [1.54, 1.807) is 6.20 Å². The van der Waals surface area contributed by atoms with Crippen LogP contribution in [0.2, 0.25) is 5.02 Å². The molecule has 19 heavy (non-hydrogen) atoms. The van der Waals surface area contributed by atoms with Gasteiger partial charge in [0.2, 0.25) is 0 Å². The Balaban J connectivity index is 2.15. The summed E-state index contributed by atoms with van der Waals surface area (Å²) in [4.78, 5) is 17.3. The minimum atomic E-state index is -0.197. The molecule has 0 amide bonds. The van der Waals surface area contributed by atoms with Gasteiger partial charge in [-0.2, -0.15) is 0 Å². The van der Waals surface area contributed by atoms with E-state index in [4.69, 9.17) is 23.8 Å². The van der Waals surface area contributed by atoms with E-state index in [0.29, 0.717) is 21.9 Å². The molecule has 0 fully saturated rings. The first-order valence-corrected chi connectivity index (χ1v) is 6.48. The van der Waals surface area contributed by atoms with Gasteiger partial charge < -0.3 is 9.55 Å². The van der Waals surface area contributed by atoms with E-state index < -0.39 is 0 Å². The maximum absolute atomic E-state index is 11.7. The van der Waals surface area contributed by atoms with Gasteiger partial charge in [0.1, 0.15) is 5.52 Å². The second-order valence-corrected chi connectivity index (χ2v) is 5.03. The monoisotopic (exact) mass is 291 g/mol. The van der Waals surface area contributed by atoms with E-state index in [1.807, 2.05) is 34.9 Å². The van der Waals surface area contributed by atoms with Crippen molar-refractivity contribution in [3.63, 3.8) is 0 Å². The smallest absolute Gasteiger partial charge is 0.276 e. The lowest BCUT2D eigenvalue weighted by Crippen LogP contribution is -2.14. The van der Waals surface area contributed by atoms with Crippen LogP contribution in [0.25, 0.3) is 11.0 Å². The maximum Gasteiger partial charge on any atom is 0.276 e. The summed E-state index contributed by atoms with van der Waals surface area (Å²) in [5, 5.41) is 0.695. The summed E-state index contributed by atoms with van der Waals surface area (Å²) in [6.07, 6.45) is 1.73. The van der Waals surface area contributed by atoms with Gasteiger partial charge in [0.05, 0.1) is 12.1 Å². The quantitative estimate of drug-likeness (QED) is 0.713. The normalized spacial score (nSPS) is 11.0. The molecule has 0 radical (unpaired) electrons. The topological polar surface area (TPSA) is 53.6 Å². The Hall–Kier alpha value is -1.85. The molecule has 0 bridgehead atoms. The number of H-pyrrole nitrogens is 2. The lowest BCUT2D eigenvalue weighted by molar-refractivity contribution is 0.782. The molecule has 0 aliphatic carbocycles. The summed E-state index contributed by atoms with van der Waals surface area (Å²) in [5.74, 6) is 0. The zero-order valence-corrected chi connectivity index (χ0v) is 11.4. The van der Waals surface area contributed by atoms with Crippen molar-refractivity contribution in [3.8, 4) is 0 Å². The highest BCUT2D eigenvalue weighted by Crippen LogP contribution is 2.14. The molecule has 2 N–H and O–H groups in total. The average molecular weight is 292 g/mol. The van der Waals surface area contributed by atoms with Crippen molar-refractivity contribution in [2.75, 3.05) is 0 Å². The van der Waals surface area contributed by atoms with Crippen LogP contribution in [0, 0.1) is 4.77 Å². The molecule has 3 aromatic rings. The number of rotatable bonds is 2. The van der Waals surface area contributed by atoms with Crippen molar-refractivity contribution < 1.29 is 0 Å². The number of benzene rings is 1. The van der Waals surface area contributed by atoms with E-state index in [0.717, 1.165) is 11.1 Å². The van der Waals surface area contributed by atoms with Crippen LogP contribution in [0.4, 0.5) is 0 Å². The van der Waals surface area contributed by atoms with E-state index in [2.05, 4.69) is 9.97 Å². The van der Waals surface area contributed by atoms with Crippen molar-refractivity contribution in [3.05, 3.63) is 62.2 Å². The van der Waals surface area contributed by atoms with E-state index in [-0.39, 0.29) is 5.56 Å². The fraction of sp³-hybridized carbons (Fsp3) is 0.0769. The molecule has 0 aliphatic heterocycles. The van der Waals surface area contributed by atoms with Gasteiger partial charge in [0, 0.05) is 11.2 Å². The van der Waals surface area contributed by atoms with Gasteiger partial charge in [0.25, 0.3) is 5.56 Å². The first-order chi connectivity index (χ1) is 9.15. The lowest BCUT2D eigenvalue weighted by atomic mass is 10.2. The Morgan fingerprint density at radius 1 is 1.21 bits per heavy atom. The predicted octanol–water partition coefficient (Wildman–Crippen LogP) is 3.09. The molecule has 3 rings (SSSR count). The first kappa shape index (κ1) is 12.2. The number of nitrogens with zero attached hydrogens (tertiary/aromatic N) is 1. The Morgan fingerprint density at radius 2 is 1.95 bits per heavy atom. The molecule has 2 heterocycles. The van der Waals surface area contributed by atoms with Crippen molar-refractivity contribution in [2.45, 2.75) is 6.54 Å². The summed E-state index contributed by atoms with van der Waals surface area (Å²) in [5.41, 5.74) is 2.19. The van der Waals surface area contributed by atoms with E-state index in [9.17, 15) is 4.79 Å². The summed E-state index contributed by atoms with van der Waals surface area (Å²) in [7, 11) is 0. The van der Waals surface area contributed by atoms with Crippen LogP contribution in [-0.4, -0.2) is 14.5 Å². The van der Waals surface area contributed by atoms with Crippen molar-refractivity contribution in [1.29, 1.82) is 0 Å². The standard InChI is InChI=1S/C13H10ClN3OS/c14-9-3-1-8(2-4-9)7-17-10-5-6-15-11(10)12(18)16-13(17)19/h1-6,15H,7H2,(H,16,18,19). The molecule has 0 saturated carbocycles. The second kappa shape index (κ2) is 4.68. The third-order valence-electron chi connectivity index (χ3n) is 2.96. The number of nitrogens with one attached hydrogen (secondary N) is 2. The minimum absolute atomic E-state index is 0.197. The van der Waals surface area contributed by atoms with E-state index >= 15 is 0 Å². The summed E-state index contributed by atoms with van der Waals surface area (Å²) in [6.45, 7) is 0.584. The molecule has 0 spiro atoms. The van der Waals surface area contributed by atoms with Gasteiger partial charge >= 0.3 is 0 Å². The predicted molar refractivity (Wildman–Crippen MR) is 78.3 cm³/mol. The molecule has 0 saturated heterocycles. The molecular weight excluding hydrogens is 282 g/mol. The Kier molecular flexibility index (Phi) is 3.00. The van der Waals surface area contributed by atoms with Gasteiger partial charge in [-0.05, 0) is 36.0 Å². The van der Waals surface area contributed by atoms with Crippen molar-refractivity contribution in [1.82, 2.24) is 14.5 Å².